The number of pyridine rings is 1. The van der Waals surface area contributed by atoms with Gasteiger partial charge in [-0.05, 0) is 80.9 Å². The molecule has 2 aliphatic rings. The van der Waals surface area contributed by atoms with Crippen molar-refractivity contribution in [1.29, 1.82) is 0 Å². The summed E-state index contributed by atoms with van der Waals surface area (Å²) in [4.78, 5) is 40.6. The summed E-state index contributed by atoms with van der Waals surface area (Å²) in [5.41, 5.74) is 3.81. The summed E-state index contributed by atoms with van der Waals surface area (Å²) in [7, 11) is -4.34. The van der Waals surface area contributed by atoms with Gasteiger partial charge in [-0.15, -0.1) is 5.10 Å². The van der Waals surface area contributed by atoms with E-state index < -0.39 is 27.5 Å². The number of carbonyl (C=O) groups is 3. The molecule has 0 bridgehead atoms. The minimum atomic E-state index is -4.34. The second kappa shape index (κ2) is 15.2. The number of Topliss-reactive ketones (excluding diaryl/α,β-unsaturated/α-hetero) is 1. The second-order valence-corrected chi connectivity index (χ2v) is 17.8. The number of carbonyl (C=O) groups excluding carboxylic acids is 3. The molecule has 0 saturated carbocycles. The standard InChI is InChI=1S/C49H37N5O9S/c1-29-13-18-35(19-14-29)64(60,61)54(23-7-8-30(2)55)47(58)46-36-9-3-5-11-42(36)52(43-12-6-4-10-37(43)46)27-31-28-53(51-50-31)32-15-20-39-38(24-32)48(59)63-49(39)40-21-16-33(56)25-44(40)62-45-26-34(57)17-22-41(45)49/h3-6,9-22,24-26,28H,7-8,23,27H2,1-2H3,(H-,56,57)/p+1. The fourth-order valence-electron chi connectivity index (χ4n) is 8.78. The number of phenolic OH excluding ortho intramolecular Hbond substituents is 2. The molecule has 0 radical (unpaired) electrons. The van der Waals surface area contributed by atoms with Gasteiger partial charge in [0.1, 0.15) is 34.5 Å². The van der Waals surface area contributed by atoms with Crippen molar-refractivity contribution in [1.82, 2.24) is 19.3 Å². The predicted octanol–water partition coefficient (Wildman–Crippen LogP) is 7.40. The summed E-state index contributed by atoms with van der Waals surface area (Å²) < 4.78 is 45.3. The average molecular weight is 873 g/mol. The number of para-hydroxylation sites is 2. The molecular formula is C49H38N5O9S+. The Morgan fingerprint density at radius 1 is 0.797 bits per heavy atom. The number of nitrogens with zero attached hydrogens (tertiary/aromatic N) is 5. The lowest BCUT2D eigenvalue weighted by Crippen LogP contribution is -2.40. The van der Waals surface area contributed by atoms with E-state index in [0.717, 1.165) is 9.87 Å². The first-order valence-corrected chi connectivity index (χ1v) is 21.9. The highest BCUT2D eigenvalue weighted by atomic mass is 32.2. The number of sulfonamides is 1. The molecular weight excluding hydrogens is 835 g/mol. The monoisotopic (exact) mass is 872 g/mol. The van der Waals surface area contributed by atoms with E-state index in [0.29, 0.717) is 49.9 Å². The van der Waals surface area contributed by atoms with Crippen molar-refractivity contribution in [2.45, 2.75) is 43.7 Å². The molecule has 1 spiro atoms. The maximum absolute atomic E-state index is 14.9. The summed E-state index contributed by atoms with van der Waals surface area (Å²) in [6, 6.07) is 35.2. The number of hydrogen-bond acceptors (Lipinski definition) is 11. The van der Waals surface area contributed by atoms with E-state index in [2.05, 4.69) is 10.3 Å². The molecule has 0 unspecified atom stereocenters. The molecule has 318 valence electrons. The van der Waals surface area contributed by atoms with E-state index in [4.69, 9.17) is 9.47 Å². The number of rotatable bonds is 10. The Labute approximate surface area is 366 Å². The minimum absolute atomic E-state index is 0.0294. The predicted molar refractivity (Wildman–Crippen MR) is 233 cm³/mol. The lowest BCUT2D eigenvalue weighted by molar-refractivity contribution is -0.636. The van der Waals surface area contributed by atoms with Gasteiger partial charge >= 0.3 is 5.97 Å². The van der Waals surface area contributed by atoms with Crippen molar-refractivity contribution in [3.05, 3.63) is 173 Å². The molecule has 0 aliphatic carbocycles. The van der Waals surface area contributed by atoms with Gasteiger partial charge in [0.05, 0.1) is 38.7 Å². The zero-order valence-electron chi connectivity index (χ0n) is 34.4. The number of aromatic nitrogens is 4. The molecule has 2 aliphatic heterocycles. The third-order valence-corrected chi connectivity index (χ3v) is 13.5. The van der Waals surface area contributed by atoms with Crippen LogP contribution in [0.2, 0.25) is 0 Å². The SMILES string of the molecule is CC(=O)CCCN(C(=O)c1c2ccccc2[n+](Cc2cn(-c3ccc4c(c3)C(=O)OC43c4ccc(O)cc4Oc4cc(O)ccc43)nn2)c2ccccc12)S(=O)(=O)c1ccc(C)cc1. The average Bonchev–Trinajstić information content (AvgIpc) is 3.86. The number of phenols is 2. The van der Waals surface area contributed by atoms with E-state index in [1.807, 2.05) is 35.8 Å². The molecule has 0 saturated heterocycles. The molecule has 2 N–H and O–H groups in total. The molecule has 0 fully saturated rings. The van der Waals surface area contributed by atoms with Gasteiger partial charge in [-0.3, -0.25) is 4.79 Å². The van der Waals surface area contributed by atoms with Crippen molar-refractivity contribution in [2.75, 3.05) is 6.54 Å². The summed E-state index contributed by atoms with van der Waals surface area (Å²) in [6.45, 7) is 3.28. The van der Waals surface area contributed by atoms with Crippen molar-refractivity contribution in [2.24, 2.45) is 0 Å². The Balaban J connectivity index is 1.03. The third-order valence-electron chi connectivity index (χ3n) is 11.8. The van der Waals surface area contributed by atoms with Gasteiger partial charge < -0.3 is 24.5 Å². The first-order chi connectivity index (χ1) is 30.8. The highest BCUT2D eigenvalue weighted by Gasteiger charge is 2.54. The number of hydrogen-bond donors (Lipinski definition) is 2. The Morgan fingerprint density at radius 2 is 1.41 bits per heavy atom. The Morgan fingerprint density at radius 3 is 2.03 bits per heavy atom. The maximum Gasteiger partial charge on any atom is 0.340 e. The van der Waals surface area contributed by atoms with Crippen molar-refractivity contribution >= 4 is 49.5 Å². The molecule has 1 amide bonds. The van der Waals surface area contributed by atoms with Gasteiger partial charge in [0.2, 0.25) is 11.0 Å². The topological polar surface area (TPSA) is 182 Å². The molecule has 0 atom stereocenters. The molecule has 10 rings (SSSR count). The van der Waals surface area contributed by atoms with Gasteiger partial charge in [0, 0.05) is 53.9 Å². The number of amides is 1. The number of fused-ring (bicyclic) bond motifs is 8. The fourth-order valence-corrected chi connectivity index (χ4v) is 10.2. The zero-order valence-corrected chi connectivity index (χ0v) is 35.2. The van der Waals surface area contributed by atoms with Gasteiger partial charge in [0.15, 0.2) is 12.1 Å². The van der Waals surface area contributed by atoms with Gasteiger partial charge in [-0.25, -0.2) is 22.2 Å². The minimum Gasteiger partial charge on any atom is -0.508 e. The van der Waals surface area contributed by atoms with Crippen LogP contribution in [0.15, 0.2) is 138 Å². The van der Waals surface area contributed by atoms with Gasteiger partial charge in [0.25, 0.3) is 15.9 Å². The number of benzene rings is 6. The van der Waals surface area contributed by atoms with Crippen LogP contribution >= 0.6 is 0 Å². The van der Waals surface area contributed by atoms with Crippen LogP contribution in [0.4, 0.5) is 0 Å². The summed E-state index contributed by atoms with van der Waals surface area (Å²) >= 11 is 0. The fraction of sp³-hybridized carbons (Fsp3) is 0.143. The van der Waals surface area contributed by atoms with Crippen molar-refractivity contribution < 1.29 is 47.1 Å². The van der Waals surface area contributed by atoms with Crippen LogP contribution in [0, 0.1) is 6.92 Å². The summed E-state index contributed by atoms with van der Waals surface area (Å²) in [6.07, 6.45) is 2.00. The van der Waals surface area contributed by atoms with E-state index >= 15 is 0 Å². The van der Waals surface area contributed by atoms with Gasteiger partial charge in [-0.2, -0.15) is 4.57 Å². The third kappa shape index (κ3) is 6.51. The Hall–Kier alpha value is -7.91. The molecule has 2 aromatic heterocycles. The maximum atomic E-state index is 14.9. The number of ketones is 1. The lowest BCUT2D eigenvalue weighted by Gasteiger charge is -2.36. The molecule has 4 heterocycles. The van der Waals surface area contributed by atoms with E-state index in [1.54, 1.807) is 77.6 Å². The van der Waals surface area contributed by atoms with Crippen LogP contribution in [0.1, 0.15) is 68.4 Å². The molecule has 6 aromatic carbocycles. The zero-order chi connectivity index (χ0) is 44.5. The molecule has 8 aromatic rings. The van der Waals surface area contributed by atoms with E-state index in [-0.39, 0.29) is 70.7 Å². The second-order valence-electron chi connectivity index (χ2n) is 15.9. The van der Waals surface area contributed by atoms with Gasteiger partial charge in [-0.1, -0.05) is 53.2 Å². The largest absolute Gasteiger partial charge is 0.508 e. The number of esters is 1. The normalized spacial score (nSPS) is 13.6. The summed E-state index contributed by atoms with van der Waals surface area (Å²) in [5, 5.41) is 30.6. The Kier molecular flexibility index (Phi) is 9.52. The molecule has 64 heavy (non-hydrogen) atoms. The van der Waals surface area contributed by atoms with Crippen LogP contribution in [0.3, 0.4) is 0 Å². The van der Waals surface area contributed by atoms with E-state index in [9.17, 15) is 33.0 Å². The number of aryl methyl sites for hydroxylation is 1. The highest BCUT2D eigenvalue weighted by Crippen LogP contribution is 2.57. The number of ether oxygens (including phenoxy) is 2. The highest BCUT2D eigenvalue weighted by molar-refractivity contribution is 7.89. The smallest absolute Gasteiger partial charge is 0.340 e. The van der Waals surface area contributed by atoms with Crippen LogP contribution in [0.5, 0.6) is 23.0 Å². The van der Waals surface area contributed by atoms with Crippen molar-refractivity contribution in [3.8, 4) is 28.7 Å². The van der Waals surface area contributed by atoms with Crippen molar-refractivity contribution in [3.63, 3.8) is 0 Å². The number of aromatic hydroxyl groups is 2. The van der Waals surface area contributed by atoms with Crippen LogP contribution < -0.4 is 9.30 Å². The molecule has 15 heteroatoms. The van der Waals surface area contributed by atoms with E-state index in [1.165, 1.54) is 43.3 Å². The van der Waals surface area contributed by atoms with Crippen LogP contribution in [-0.2, 0) is 31.7 Å². The Bertz CT molecular complexity index is 3280. The van der Waals surface area contributed by atoms with Crippen LogP contribution in [-0.4, -0.2) is 62.1 Å². The lowest BCUT2D eigenvalue weighted by atomic mass is 9.77. The quantitative estimate of drug-likeness (QED) is 0.0794. The first kappa shape index (κ1) is 40.2. The first-order valence-electron chi connectivity index (χ1n) is 20.4. The van der Waals surface area contributed by atoms with Crippen LogP contribution in [0.25, 0.3) is 27.5 Å². The summed E-state index contributed by atoms with van der Waals surface area (Å²) in [5.74, 6) is -0.966. The molecule has 14 nitrogen and oxygen atoms in total.